The van der Waals surface area contributed by atoms with E-state index >= 15 is 0 Å². The highest BCUT2D eigenvalue weighted by Gasteiger charge is 2.29. The number of sulfonamides is 1. The van der Waals surface area contributed by atoms with Crippen LogP contribution in [-0.2, 0) is 21.5 Å². The number of thioether (sulfide) groups is 1. The van der Waals surface area contributed by atoms with Crippen molar-refractivity contribution in [1.29, 1.82) is 0 Å². The Hall–Kier alpha value is -1.31. The summed E-state index contributed by atoms with van der Waals surface area (Å²) in [5.74, 6) is 2.08. The third-order valence-electron chi connectivity index (χ3n) is 3.52. The van der Waals surface area contributed by atoms with Crippen molar-refractivity contribution in [2.45, 2.75) is 29.4 Å². The molecule has 3 heterocycles. The van der Waals surface area contributed by atoms with Gasteiger partial charge >= 0.3 is 0 Å². The topological polar surface area (TPSA) is 63.4 Å². The fourth-order valence-corrected chi connectivity index (χ4v) is 4.65. The Labute approximate surface area is 134 Å². The van der Waals surface area contributed by atoms with Gasteiger partial charge in [0.05, 0.1) is 11.4 Å². The van der Waals surface area contributed by atoms with Gasteiger partial charge < -0.3 is 4.42 Å². The lowest BCUT2D eigenvalue weighted by molar-refractivity contribution is 0.397. The summed E-state index contributed by atoms with van der Waals surface area (Å²) in [5, 5.41) is 0.0582. The van der Waals surface area contributed by atoms with Crippen LogP contribution in [0.25, 0.3) is 0 Å². The molecule has 1 aliphatic heterocycles. The minimum Gasteiger partial charge on any atom is -0.447 e. The zero-order valence-electron chi connectivity index (χ0n) is 12.1. The lowest BCUT2D eigenvalue weighted by atomic mass is 10.4. The van der Waals surface area contributed by atoms with Gasteiger partial charge in [-0.05, 0) is 37.1 Å². The van der Waals surface area contributed by atoms with Crippen molar-refractivity contribution in [2.75, 3.05) is 13.1 Å². The number of aromatic nitrogens is 1. The van der Waals surface area contributed by atoms with Gasteiger partial charge in [-0.25, -0.2) is 8.42 Å². The molecule has 3 rings (SSSR count). The van der Waals surface area contributed by atoms with E-state index in [9.17, 15) is 8.42 Å². The maximum Gasteiger partial charge on any atom is 0.276 e. The van der Waals surface area contributed by atoms with Crippen molar-refractivity contribution in [2.24, 2.45) is 0 Å². The molecule has 2 aromatic rings. The molecule has 0 amide bonds. The first-order valence-electron chi connectivity index (χ1n) is 7.23. The fourth-order valence-electron chi connectivity index (χ4n) is 2.37. The van der Waals surface area contributed by atoms with E-state index in [2.05, 4.69) is 4.98 Å². The molecule has 0 spiro atoms. The molecule has 0 aliphatic carbocycles. The Morgan fingerprint density at radius 2 is 1.95 bits per heavy atom. The molecule has 0 bridgehead atoms. The fraction of sp³-hybridized carbons (Fsp3) is 0.400. The normalized spacial score (nSPS) is 16.2. The van der Waals surface area contributed by atoms with E-state index in [4.69, 9.17) is 4.42 Å². The van der Waals surface area contributed by atoms with Gasteiger partial charge in [-0.15, -0.1) is 11.8 Å². The van der Waals surface area contributed by atoms with Gasteiger partial charge in [0.15, 0.2) is 0 Å². The molecule has 1 fully saturated rings. The largest absolute Gasteiger partial charge is 0.447 e. The van der Waals surface area contributed by atoms with E-state index in [1.807, 2.05) is 18.2 Å². The molecule has 5 nitrogen and oxygen atoms in total. The zero-order valence-corrected chi connectivity index (χ0v) is 13.8. The van der Waals surface area contributed by atoms with Crippen LogP contribution in [0.2, 0.25) is 0 Å². The monoisotopic (exact) mass is 338 g/mol. The van der Waals surface area contributed by atoms with Gasteiger partial charge in [-0.3, -0.25) is 4.98 Å². The average Bonchev–Trinajstić information content (AvgIpc) is 3.20. The van der Waals surface area contributed by atoms with Crippen LogP contribution in [0.3, 0.4) is 0 Å². The summed E-state index contributed by atoms with van der Waals surface area (Å²) >= 11 is 1.65. The third kappa shape index (κ3) is 3.53. The minimum atomic E-state index is -3.45. The summed E-state index contributed by atoms with van der Waals surface area (Å²) in [6, 6.07) is 9.11. The number of hydrogen-bond acceptors (Lipinski definition) is 5. The summed E-state index contributed by atoms with van der Waals surface area (Å²) in [6.07, 6.45) is 3.61. The molecule has 0 aromatic carbocycles. The SMILES string of the molecule is O=S(=O)(c1ccc(CSCc2ccccn2)o1)N1CCCC1. The van der Waals surface area contributed by atoms with Crippen molar-refractivity contribution < 1.29 is 12.8 Å². The van der Waals surface area contributed by atoms with Crippen LogP contribution < -0.4 is 0 Å². The quantitative estimate of drug-likeness (QED) is 0.810. The number of rotatable bonds is 6. The van der Waals surface area contributed by atoms with Crippen LogP contribution in [0.1, 0.15) is 24.3 Å². The Morgan fingerprint density at radius 1 is 1.14 bits per heavy atom. The molecular formula is C15H18N2O3S2. The van der Waals surface area contributed by atoms with Crippen molar-refractivity contribution >= 4 is 21.8 Å². The Bertz CT molecular complexity index is 707. The Balaban J connectivity index is 1.59. The molecule has 118 valence electrons. The van der Waals surface area contributed by atoms with Gasteiger partial charge in [-0.1, -0.05) is 6.07 Å². The lowest BCUT2D eigenvalue weighted by Gasteiger charge is -2.12. The van der Waals surface area contributed by atoms with E-state index in [1.54, 1.807) is 30.1 Å². The second-order valence-electron chi connectivity index (χ2n) is 5.15. The van der Waals surface area contributed by atoms with Gasteiger partial charge in [0.25, 0.3) is 10.0 Å². The Kier molecular flexibility index (Phi) is 4.85. The van der Waals surface area contributed by atoms with Crippen molar-refractivity contribution in [3.05, 3.63) is 48.0 Å². The van der Waals surface area contributed by atoms with Gasteiger partial charge in [0.2, 0.25) is 5.09 Å². The predicted molar refractivity (Wildman–Crippen MR) is 85.9 cm³/mol. The molecule has 2 aromatic heterocycles. The second-order valence-corrected chi connectivity index (χ2v) is 8.00. The summed E-state index contributed by atoms with van der Waals surface area (Å²) in [6.45, 7) is 1.18. The van der Waals surface area contributed by atoms with Crippen LogP contribution in [0.15, 0.2) is 46.0 Å². The van der Waals surface area contributed by atoms with Gasteiger partial charge in [0, 0.05) is 25.0 Å². The maximum atomic E-state index is 12.4. The summed E-state index contributed by atoms with van der Waals surface area (Å²) in [5.41, 5.74) is 1.00. The molecule has 0 N–H and O–H groups in total. The smallest absolute Gasteiger partial charge is 0.276 e. The zero-order chi connectivity index (χ0) is 15.4. The van der Waals surface area contributed by atoms with E-state index in [1.165, 1.54) is 4.31 Å². The highest BCUT2D eigenvalue weighted by atomic mass is 32.2. The van der Waals surface area contributed by atoms with Crippen LogP contribution >= 0.6 is 11.8 Å². The first kappa shape index (κ1) is 15.6. The summed E-state index contributed by atoms with van der Waals surface area (Å²) in [7, 11) is -3.45. The molecule has 0 atom stereocenters. The molecule has 7 heteroatoms. The highest BCUT2D eigenvalue weighted by Crippen LogP contribution is 2.25. The Morgan fingerprint density at radius 3 is 2.68 bits per heavy atom. The van der Waals surface area contributed by atoms with E-state index in [0.29, 0.717) is 24.6 Å². The number of furan rings is 1. The first-order valence-corrected chi connectivity index (χ1v) is 9.82. The standard InChI is InChI=1S/C15H18N2O3S2/c18-22(19,17-9-3-4-10-17)15-7-6-14(20-15)12-21-11-13-5-1-2-8-16-13/h1-2,5-8H,3-4,9-12H2. The van der Waals surface area contributed by atoms with Crippen LogP contribution in [0.5, 0.6) is 0 Å². The number of pyridine rings is 1. The van der Waals surface area contributed by atoms with Crippen molar-refractivity contribution in [3.63, 3.8) is 0 Å². The number of nitrogens with zero attached hydrogens (tertiary/aromatic N) is 2. The second kappa shape index (κ2) is 6.85. The molecular weight excluding hydrogens is 320 g/mol. The van der Waals surface area contributed by atoms with E-state index in [0.717, 1.165) is 24.3 Å². The highest BCUT2D eigenvalue weighted by molar-refractivity contribution is 7.97. The first-order chi connectivity index (χ1) is 10.7. The van der Waals surface area contributed by atoms with E-state index < -0.39 is 10.0 Å². The van der Waals surface area contributed by atoms with Crippen LogP contribution in [0, 0.1) is 0 Å². The van der Waals surface area contributed by atoms with Crippen molar-refractivity contribution in [1.82, 2.24) is 9.29 Å². The minimum absolute atomic E-state index is 0.0582. The predicted octanol–water partition coefficient (Wildman–Crippen LogP) is 2.89. The third-order valence-corrected chi connectivity index (χ3v) is 6.28. The molecule has 1 saturated heterocycles. The summed E-state index contributed by atoms with van der Waals surface area (Å²) in [4.78, 5) is 4.25. The lowest BCUT2D eigenvalue weighted by Crippen LogP contribution is -2.27. The number of hydrogen-bond donors (Lipinski definition) is 0. The molecule has 0 radical (unpaired) electrons. The maximum absolute atomic E-state index is 12.4. The van der Waals surface area contributed by atoms with Gasteiger partial charge in [-0.2, -0.15) is 4.31 Å². The molecule has 1 aliphatic rings. The van der Waals surface area contributed by atoms with Crippen LogP contribution in [0.4, 0.5) is 0 Å². The van der Waals surface area contributed by atoms with E-state index in [-0.39, 0.29) is 5.09 Å². The summed E-state index contributed by atoms with van der Waals surface area (Å²) < 4.78 is 31.7. The van der Waals surface area contributed by atoms with Gasteiger partial charge in [0.1, 0.15) is 5.76 Å². The molecule has 0 saturated carbocycles. The van der Waals surface area contributed by atoms with Crippen molar-refractivity contribution in [3.8, 4) is 0 Å². The average molecular weight is 338 g/mol. The molecule has 0 unspecified atom stereocenters. The van der Waals surface area contributed by atoms with Crippen LogP contribution in [-0.4, -0.2) is 30.8 Å². The molecule has 22 heavy (non-hydrogen) atoms.